The summed E-state index contributed by atoms with van der Waals surface area (Å²) in [6.45, 7) is 4.73. The first kappa shape index (κ1) is 42.1. The highest BCUT2D eigenvalue weighted by atomic mass is 15.1. The third-order valence-corrected chi connectivity index (χ3v) is 14.9. The lowest BCUT2D eigenvalue weighted by molar-refractivity contribution is 0.660. The van der Waals surface area contributed by atoms with Gasteiger partial charge < -0.3 is 9.47 Å². The number of hydrogen-bond donors (Lipinski definition) is 0. The third-order valence-electron chi connectivity index (χ3n) is 14.9. The van der Waals surface area contributed by atoms with E-state index in [0.717, 1.165) is 33.9 Å². The topological polar surface area (TPSA) is 8.17 Å². The van der Waals surface area contributed by atoms with Gasteiger partial charge >= 0.3 is 0 Å². The Morgan fingerprint density at radius 1 is 0.296 bits per heavy atom. The van der Waals surface area contributed by atoms with E-state index in [1.165, 1.54) is 88.6 Å². The van der Waals surface area contributed by atoms with Gasteiger partial charge in [0.05, 0.1) is 28.1 Å². The number of para-hydroxylation sites is 5. The number of benzene rings is 11. The summed E-state index contributed by atoms with van der Waals surface area (Å²) in [5.41, 5.74) is 23.9. The smallest absolute Gasteiger partial charge is 0.0541 e. The molecular weight excluding hydrogens is 857 g/mol. The first-order chi connectivity index (χ1) is 35.0. The van der Waals surface area contributed by atoms with Gasteiger partial charge in [-0.15, -0.1) is 0 Å². The van der Waals surface area contributed by atoms with Gasteiger partial charge in [-0.2, -0.15) is 0 Å². The maximum Gasteiger partial charge on any atom is 0.0541 e. The molecule has 0 spiro atoms. The summed E-state index contributed by atoms with van der Waals surface area (Å²) in [5.74, 6) is 0. The lowest BCUT2D eigenvalue weighted by Crippen LogP contribution is -2.15. The van der Waals surface area contributed by atoms with E-state index in [2.05, 4.69) is 290 Å². The van der Waals surface area contributed by atoms with Crippen LogP contribution in [0.2, 0.25) is 0 Å². The zero-order valence-corrected chi connectivity index (χ0v) is 39.8. The zero-order chi connectivity index (χ0) is 47.5. The van der Waals surface area contributed by atoms with Crippen molar-refractivity contribution in [1.29, 1.82) is 0 Å². The molecule has 336 valence electrons. The number of aromatic nitrogens is 1. The average Bonchev–Trinajstić information content (AvgIpc) is 3.90. The molecular formula is C69H50N2. The largest absolute Gasteiger partial charge is 0.309 e. The van der Waals surface area contributed by atoms with E-state index in [9.17, 15) is 0 Å². The van der Waals surface area contributed by atoms with Gasteiger partial charge in [-0.3, -0.25) is 0 Å². The molecule has 0 unspecified atom stereocenters. The molecule has 11 aromatic carbocycles. The maximum atomic E-state index is 2.50. The molecule has 0 atom stereocenters. The normalized spacial score (nSPS) is 12.5. The first-order valence-electron chi connectivity index (χ1n) is 24.7. The Morgan fingerprint density at radius 2 is 0.718 bits per heavy atom. The van der Waals surface area contributed by atoms with E-state index < -0.39 is 0 Å². The predicted molar refractivity (Wildman–Crippen MR) is 300 cm³/mol. The molecule has 71 heavy (non-hydrogen) atoms. The van der Waals surface area contributed by atoms with Gasteiger partial charge in [0.15, 0.2) is 0 Å². The summed E-state index contributed by atoms with van der Waals surface area (Å²) in [6.07, 6.45) is 0. The standard InChI is InChI=1S/C69H50N2/c1-69(2)61-36-16-10-34-60(61)68-59(35-22-37-62(68)69)58-33-15-19-40-65(58)70(64-39-18-12-30-55(64)54-29-9-8-28-53(54)52-27-7-6-25-50(52)47-23-4-3-5-24-47)49-45-43-48(44-46-49)51-26-11-17-38-63(51)71-66-41-20-13-31-56(66)57-32-14-21-42-67(57)71/h3-46H,1-2H3. The summed E-state index contributed by atoms with van der Waals surface area (Å²) in [5, 5.41) is 2.50. The van der Waals surface area contributed by atoms with Gasteiger partial charge in [-0.1, -0.05) is 238 Å². The highest BCUT2D eigenvalue weighted by Crippen LogP contribution is 2.55. The zero-order valence-electron chi connectivity index (χ0n) is 39.8. The van der Waals surface area contributed by atoms with Crippen LogP contribution in [0.3, 0.4) is 0 Å². The molecule has 0 saturated carbocycles. The second-order valence-electron chi connectivity index (χ2n) is 19.2. The predicted octanol–water partition coefficient (Wildman–Crippen LogP) is 18.9. The van der Waals surface area contributed by atoms with Gasteiger partial charge in [-0.05, 0) is 104 Å². The fourth-order valence-electron chi connectivity index (χ4n) is 11.6. The molecule has 2 heteroatoms. The Labute approximate surface area is 416 Å². The first-order valence-corrected chi connectivity index (χ1v) is 24.7. The van der Waals surface area contributed by atoms with Crippen LogP contribution in [0.4, 0.5) is 17.1 Å². The van der Waals surface area contributed by atoms with Gasteiger partial charge in [0.25, 0.3) is 0 Å². The van der Waals surface area contributed by atoms with Crippen molar-refractivity contribution in [2.45, 2.75) is 19.3 Å². The van der Waals surface area contributed by atoms with E-state index >= 15 is 0 Å². The average molecular weight is 907 g/mol. The number of nitrogens with zero attached hydrogens (tertiary/aromatic N) is 2. The minimum absolute atomic E-state index is 0.131. The van der Waals surface area contributed by atoms with Crippen LogP contribution in [-0.2, 0) is 5.41 Å². The van der Waals surface area contributed by atoms with Crippen molar-refractivity contribution in [3.8, 4) is 72.4 Å². The molecule has 0 bridgehead atoms. The molecule has 0 saturated heterocycles. The van der Waals surface area contributed by atoms with Crippen molar-refractivity contribution < 1.29 is 0 Å². The summed E-state index contributed by atoms with van der Waals surface area (Å²) < 4.78 is 2.43. The quantitative estimate of drug-likeness (QED) is 0.140. The van der Waals surface area contributed by atoms with Gasteiger partial charge in [-0.25, -0.2) is 0 Å². The number of rotatable bonds is 9. The van der Waals surface area contributed by atoms with E-state index in [-0.39, 0.29) is 5.41 Å². The highest BCUT2D eigenvalue weighted by Gasteiger charge is 2.37. The van der Waals surface area contributed by atoms with Crippen LogP contribution in [0.5, 0.6) is 0 Å². The maximum absolute atomic E-state index is 2.50. The molecule has 1 aliphatic rings. The van der Waals surface area contributed by atoms with Crippen LogP contribution in [0.25, 0.3) is 94.3 Å². The lowest BCUT2D eigenvalue weighted by atomic mass is 9.82. The SMILES string of the molecule is CC1(C)c2ccccc2-c2c(-c3ccccc3N(c3ccc(-c4ccccc4-n4c5ccccc5c5ccccc54)cc3)c3ccccc3-c3ccccc3-c3ccccc3-c3ccccc3)cccc21. The van der Waals surface area contributed by atoms with Crippen LogP contribution in [0.15, 0.2) is 267 Å². The van der Waals surface area contributed by atoms with Crippen molar-refractivity contribution in [2.75, 3.05) is 4.90 Å². The van der Waals surface area contributed by atoms with Crippen molar-refractivity contribution in [3.05, 3.63) is 278 Å². The summed E-state index contributed by atoms with van der Waals surface area (Å²) in [7, 11) is 0. The number of fused-ring (bicyclic) bond motifs is 6. The summed E-state index contributed by atoms with van der Waals surface area (Å²) in [6, 6.07) is 97.9. The van der Waals surface area contributed by atoms with Crippen LogP contribution in [-0.4, -0.2) is 4.57 Å². The molecule has 0 radical (unpaired) electrons. The van der Waals surface area contributed by atoms with Gasteiger partial charge in [0.2, 0.25) is 0 Å². The van der Waals surface area contributed by atoms with E-state index in [1.54, 1.807) is 0 Å². The molecule has 0 fully saturated rings. The molecule has 0 aliphatic heterocycles. The fraction of sp³-hybridized carbons (Fsp3) is 0.0435. The minimum Gasteiger partial charge on any atom is -0.309 e. The Hall–Kier alpha value is -8.98. The van der Waals surface area contributed by atoms with Crippen LogP contribution in [0.1, 0.15) is 25.0 Å². The fourth-order valence-corrected chi connectivity index (χ4v) is 11.6. The van der Waals surface area contributed by atoms with Crippen LogP contribution < -0.4 is 4.90 Å². The second-order valence-corrected chi connectivity index (χ2v) is 19.2. The molecule has 1 aliphatic carbocycles. The highest BCUT2D eigenvalue weighted by molar-refractivity contribution is 6.10. The van der Waals surface area contributed by atoms with E-state index in [4.69, 9.17) is 0 Å². The molecule has 1 heterocycles. The number of hydrogen-bond acceptors (Lipinski definition) is 1. The van der Waals surface area contributed by atoms with Gasteiger partial charge in [0.1, 0.15) is 0 Å². The molecule has 12 aromatic rings. The minimum atomic E-state index is -0.131. The molecule has 1 aromatic heterocycles. The Bertz CT molecular complexity index is 3910. The van der Waals surface area contributed by atoms with Crippen molar-refractivity contribution in [1.82, 2.24) is 4.57 Å². The number of anilines is 3. The molecule has 0 N–H and O–H groups in total. The Morgan fingerprint density at radius 3 is 1.37 bits per heavy atom. The molecule has 13 rings (SSSR count). The van der Waals surface area contributed by atoms with E-state index in [0.29, 0.717) is 0 Å². The summed E-state index contributed by atoms with van der Waals surface area (Å²) >= 11 is 0. The monoisotopic (exact) mass is 906 g/mol. The van der Waals surface area contributed by atoms with E-state index in [1.807, 2.05) is 0 Å². The molecule has 2 nitrogen and oxygen atoms in total. The van der Waals surface area contributed by atoms with Crippen molar-refractivity contribution in [3.63, 3.8) is 0 Å². The molecule has 0 amide bonds. The van der Waals surface area contributed by atoms with Crippen LogP contribution in [0, 0.1) is 0 Å². The Kier molecular flexibility index (Phi) is 10.2. The Balaban J connectivity index is 1.02. The lowest BCUT2D eigenvalue weighted by Gasteiger charge is -2.31. The van der Waals surface area contributed by atoms with Crippen molar-refractivity contribution in [2.24, 2.45) is 0 Å². The van der Waals surface area contributed by atoms with Crippen LogP contribution >= 0.6 is 0 Å². The van der Waals surface area contributed by atoms with Crippen molar-refractivity contribution >= 4 is 38.9 Å². The third kappa shape index (κ3) is 6.94. The second kappa shape index (κ2) is 17.2. The van der Waals surface area contributed by atoms with Gasteiger partial charge in [0, 0.05) is 38.6 Å². The summed E-state index contributed by atoms with van der Waals surface area (Å²) in [4.78, 5) is 2.50.